The van der Waals surface area contributed by atoms with Crippen molar-refractivity contribution in [3.63, 3.8) is 0 Å². The molecule has 4 amide bonds. The Kier molecular flexibility index (Phi) is 12.0. The van der Waals surface area contributed by atoms with E-state index in [1.165, 1.54) is 6.08 Å². The van der Waals surface area contributed by atoms with Gasteiger partial charge in [0.1, 0.15) is 35.7 Å². The minimum atomic E-state index is -1.38. The minimum absolute atomic E-state index is 0.0237. The second-order valence-electron chi connectivity index (χ2n) is 9.43. The Morgan fingerprint density at radius 1 is 1.03 bits per heavy atom. The van der Waals surface area contributed by atoms with Crippen LogP contribution in [0.25, 0.3) is 0 Å². The Morgan fingerprint density at radius 2 is 1.70 bits per heavy atom. The highest BCUT2D eigenvalue weighted by molar-refractivity contribution is 8.72. The number of carbonyl (C=O) groups excluding carboxylic acids is 5. The summed E-state index contributed by atoms with van der Waals surface area (Å²) in [7, 11) is -0.384. The molecule has 0 aromatic carbocycles. The van der Waals surface area contributed by atoms with Crippen molar-refractivity contribution in [3.05, 3.63) is 23.9 Å². The fourth-order valence-corrected chi connectivity index (χ4v) is 6.05. The smallest absolute Gasteiger partial charge is 0.329 e. The molecule has 0 unspecified atom stereocenters. The normalized spacial score (nSPS) is 31.2. The highest BCUT2D eigenvalue weighted by Crippen LogP contribution is 2.18. The van der Waals surface area contributed by atoms with Crippen LogP contribution in [0.5, 0.6) is 0 Å². The number of nitrogens with one attached hydrogen (secondary N) is 4. The second-order valence-corrected chi connectivity index (χ2v) is 12.8. The first-order chi connectivity index (χ1) is 17.4. The average molecular weight is 557 g/mol. The number of amides is 4. The van der Waals surface area contributed by atoms with Crippen LogP contribution in [0.4, 0.5) is 0 Å². The van der Waals surface area contributed by atoms with E-state index in [1.807, 2.05) is 0 Å². The van der Waals surface area contributed by atoms with Crippen molar-refractivity contribution in [1.29, 1.82) is 0 Å². The first kappa shape index (κ1) is 30.7. The maximum atomic E-state index is 13.2. The van der Waals surface area contributed by atoms with Gasteiger partial charge < -0.3 is 30.6 Å². The largest absolute Gasteiger partial charge is 0.605 e. The molecule has 0 saturated carbocycles. The molecule has 2 aliphatic heterocycles. The Balaban J connectivity index is 2.59. The summed E-state index contributed by atoms with van der Waals surface area (Å²) < 4.78 is 18.1. The fraction of sp³-hybridized carbons (Fsp3) is 0.625. The molecule has 11 nitrogen and oxygen atoms in total. The van der Waals surface area contributed by atoms with Crippen molar-refractivity contribution in [2.45, 2.75) is 71.7 Å². The zero-order chi connectivity index (χ0) is 27.7. The monoisotopic (exact) mass is 556 g/mol. The lowest BCUT2D eigenvalue weighted by Gasteiger charge is -2.27. The van der Waals surface area contributed by atoms with E-state index in [0.717, 1.165) is 10.8 Å². The number of hydrogen-bond acceptors (Lipinski definition) is 8. The predicted octanol–water partition coefficient (Wildman–Crippen LogP) is 0.445. The summed E-state index contributed by atoms with van der Waals surface area (Å²) in [4.78, 5) is 65.2. The number of esters is 1. The van der Waals surface area contributed by atoms with E-state index < -0.39 is 64.0 Å². The van der Waals surface area contributed by atoms with Crippen LogP contribution in [0, 0.1) is 11.8 Å². The van der Waals surface area contributed by atoms with Crippen molar-refractivity contribution >= 4 is 50.6 Å². The van der Waals surface area contributed by atoms with Gasteiger partial charge in [-0.15, -0.1) is 0 Å². The summed E-state index contributed by atoms with van der Waals surface area (Å²) in [5.74, 6) is -3.76. The lowest BCUT2D eigenvalue weighted by molar-refractivity contribution is -0.153. The van der Waals surface area contributed by atoms with Crippen LogP contribution in [0.3, 0.4) is 0 Å². The van der Waals surface area contributed by atoms with Gasteiger partial charge in [-0.2, -0.15) is 0 Å². The van der Waals surface area contributed by atoms with Crippen LogP contribution in [0.15, 0.2) is 23.9 Å². The highest BCUT2D eigenvalue weighted by Gasteiger charge is 2.34. The molecule has 2 rings (SSSR count). The number of rotatable bonds is 2. The van der Waals surface area contributed by atoms with Gasteiger partial charge in [-0.25, -0.2) is 4.79 Å². The lowest BCUT2D eigenvalue weighted by atomic mass is 10.0. The Bertz CT molecular complexity index is 938. The highest BCUT2D eigenvalue weighted by atomic mass is 33.1. The molecule has 5 atom stereocenters. The number of carbonyl (C=O) groups is 5. The van der Waals surface area contributed by atoms with Crippen LogP contribution in [-0.4, -0.2) is 69.9 Å². The fourth-order valence-electron chi connectivity index (χ4n) is 3.58. The Morgan fingerprint density at radius 3 is 2.32 bits per heavy atom. The summed E-state index contributed by atoms with van der Waals surface area (Å²) >= 11 is 0. The van der Waals surface area contributed by atoms with Crippen LogP contribution in [0.2, 0.25) is 0 Å². The molecule has 2 aliphatic rings. The van der Waals surface area contributed by atoms with E-state index in [4.69, 9.17) is 4.74 Å². The van der Waals surface area contributed by atoms with Gasteiger partial charge >= 0.3 is 5.97 Å². The third kappa shape index (κ3) is 9.38. The van der Waals surface area contributed by atoms with E-state index in [0.29, 0.717) is 6.42 Å². The zero-order valence-electron chi connectivity index (χ0n) is 21.7. The molecule has 4 N–H and O–H groups in total. The number of fused-ring (bicyclic) bond motifs is 7. The van der Waals surface area contributed by atoms with Gasteiger partial charge in [0, 0.05) is 16.6 Å². The van der Waals surface area contributed by atoms with Crippen LogP contribution >= 0.6 is 10.8 Å². The minimum Gasteiger partial charge on any atom is -0.605 e. The van der Waals surface area contributed by atoms with Gasteiger partial charge in [0.25, 0.3) is 5.91 Å². The van der Waals surface area contributed by atoms with Gasteiger partial charge in [0.2, 0.25) is 17.7 Å². The van der Waals surface area contributed by atoms with Crippen molar-refractivity contribution < 1.29 is 33.3 Å². The summed E-state index contributed by atoms with van der Waals surface area (Å²) in [5, 5.41) is 10.4. The quantitative estimate of drug-likeness (QED) is 0.125. The van der Waals surface area contributed by atoms with Crippen LogP contribution in [0.1, 0.15) is 47.5 Å². The molecule has 1 fully saturated rings. The van der Waals surface area contributed by atoms with E-state index in [1.54, 1.807) is 46.8 Å². The molecule has 2 heterocycles. The molecule has 13 heteroatoms. The molecule has 2 bridgehead atoms. The lowest BCUT2D eigenvalue weighted by Crippen LogP contribution is -2.57. The van der Waals surface area contributed by atoms with Gasteiger partial charge in [0.15, 0.2) is 0 Å². The van der Waals surface area contributed by atoms with Crippen molar-refractivity contribution in [2.75, 3.05) is 11.5 Å². The van der Waals surface area contributed by atoms with Gasteiger partial charge in [-0.05, 0) is 24.8 Å². The molecule has 37 heavy (non-hydrogen) atoms. The molecule has 0 aliphatic carbocycles. The van der Waals surface area contributed by atoms with Gasteiger partial charge in [-0.1, -0.05) is 39.8 Å². The summed E-state index contributed by atoms with van der Waals surface area (Å²) in [6.45, 7) is 8.47. The SMILES string of the molecule is C/C=C1\NC(=O)[C@H]2CS[S@+]([O-])CC/C=C/[C@H](CC(=O)N[C@H](C(C)C)C(=O)N2)OC(=O)[C@H](C(C)C)NC1=O. The van der Waals surface area contributed by atoms with E-state index in [2.05, 4.69) is 21.3 Å². The first-order valence-corrected chi connectivity index (χ1v) is 15.0. The number of allylic oxidation sites excluding steroid dienone is 2. The molecular weight excluding hydrogens is 520 g/mol. The Hall–Kier alpha value is -2.51. The van der Waals surface area contributed by atoms with Crippen LogP contribution in [-0.2, 0) is 38.9 Å². The number of hydrogen-bond donors (Lipinski definition) is 4. The standard InChI is InChI=1S/C24H36N4O7S2/c1-6-16-21(30)28-20(14(4)5)24(33)35-15-9-7-8-10-37(34)36-12-17(22(31)25-16)26-23(32)19(13(2)3)27-18(29)11-15/h6-7,9,13-15,17,19-20H,8,10-12H2,1-5H3,(H,25,31)(H,26,32)(H,27,29)(H,28,30)/b9-7+,16-6-/t15-,17-,19-,20+,37+/m1/s1. The van der Waals surface area contributed by atoms with Gasteiger partial charge in [-0.3, -0.25) is 19.2 Å². The third-order valence-electron chi connectivity index (χ3n) is 5.72. The maximum Gasteiger partial charge on any atom is 0.329 e. The summed E-state index contributed by atoms with van der Waals surface area (Å²) in [5.41, 5.74) is -0.115. The zero-order valence-corrected chi connectivity index (χ0v) is 23.3. The topological polar surface area (TPSA) is 166 Å². The van der Waals surface area contributed by atoms with Gasteiger partial charge in [0.05, 0.1) is 23.0 Å². The summed E-state index contributed by atoms with van der Waals surface area (Å²) in [6.07, 6.45) is 3.73. The van der Waals surface area contributed by atoms with E-state index in [-0.39, 0.29) is 35.5 Å². The second kappa shape index (κ2) is 14.4. The molecule has 0 aromatic heterocycles. The van der Waals surface area contributed by atoms with Crippen LogP contribution < -0.4 is 21.3 Å². The average Bonchev–Trinajstić information content (AvgIpc) is 2.82. The van der Waals surface area contributed by atoms with Crippen molar-refractivity contribution in [1.82, 2.24) is 21.3 Å². The van der Waals surface area contributed by atoms with E-state index >= 15 is 0 Å². The van der Waals surface area contributed by atoms with E-state index in [9.17, 15) is 28.5 Å². The number of ether oxygens (including phenoxy) is 1. The summed E-state index contributed by atoms with van der Waals surface area (Å²) in [6, 6.07) is -3.18. The van der Waals surface area contributed by atoms with Crippen molar-refractivity contribution in [2.24, 2.45) is 11.8 Å². The first-order valence-electron chi connectivity index (χ1n) is 12.2. The molecule has 206 valence electrons. The molecule has 0 spiro atoms. The van der Waals surface area contributed by atoms with Crippen molar-refractivity contribution in [3.8, 4) is 0 Å². The molecule has 1 saturated heterocycles. The molecule has 0 radical (unpaired) electrons. The molecule has 0 aromatic rings. The molecular formula is C24H36N4O7S2. The maximum absolute atomic E-state index is 13.2. The Labute approximate surface area is 223 Å². The third-order valence-corrected chi connectivity index (χ3v) is 8.72. The predicted molar refractivity (Wildman–Crippen MR) is 141 cm³/mol.